The minimum atomic E-state index is -3.54. The molecule has 0 aliphatic carbocycles. The third-order valence-corrected chi connectivity index (χ3v) is 1.29. The van der Waals surface area contributed by atoms with Gasteiger partial charge in [0.05, 0.1) is 0 Å². The van der Waals surface area contributed by atoms with Crippen LogP contribution in [0.1, 0.15) is 0 Å². The lowest BCUT2D eigenvalue weighted by Gasteiger charge is -1.98. The molecule has 4 nitrogen and oxygen atoms in total. The molecular weight excluding hydrogens is 117 g/mol. The fraction of sp³-hybridized carbons (Fsp3) is 1.00. The predicted molar refractivity (Wildman–Crippen MR) is 27.5 cm³/mol. The van der Waals surface area contributed by atoms with Crippen LogP contribution in [0, 0.1) is 0 Å². The maximum Gasteiger partial charge on any atom is 0.404 e. The molecule has 0 saturated heterocycles. The molecule has 7 heavy (non-hydrogen) atoms. The summed E-state index contributed by atoms with van der Waals surface area (Å²) in [6, 6.07) is 0. The van der Waals surface area contributed by atoms with Crippen LogP contribution >= 0.6 is 7.94 Å². The fourth-order valence-corrected chi connectivity index (χ4v) is 0.520. The summed E-state index contributed by atoms with van der Waals surface area (Å²) < 4.78 is 0. The highest BCUT2D eigenvalue weighted by Crippen LogP contribution is 2.42. The Hall–Kier alpha value is 0.270. The van der Waals surface area contributed by atoms with Crippen LogP contribution in [0.3, 0.4) is 0 Å². The van der Waals surface area contributed by atoms with E-state index in [4.69, 9.17) is 20.4 Å². The van der Waals surface area contributed by atoms with Gasteiger partial charge in [0.25, 0.3) is 0 Å². The van der Waals surface area contributed by atoms with Crippen molar-refractivity contribution in [3.05, 3.63) is 0 Å². The van der Waals surface area contributed by atoms with E-state index in [0.717, 1.165) is 0 Å². The van der Waals surface area contributed by atoms with Gasteiger partial charge in [-0.1, -0.05) is 0 Å². The van der Waals surface area contributed by atoms with Crippen molar-refractivity contribution in [2.45, 2.75) is 0 Å². The van der Waals surface area contributed by atoms with Gasteiger partial charge in [-0.15, -0.1) is 0 Å². The highest BCUT2D eigenvalue weighted by molar-refractivity contribution is 7.58. The largest absolute Gasteiger partial charge is 0.404 e. The van der Waals surface area contributed by atoms with Crippen molar-refractivity contribution >= 4 is 7.94 Å². The Labute approximate surface area is 42.2 Å². The lowest BCUT2D eigenvalue weighted by molar-refractivity contribution is 0.331. The summed E-state index contributed by atoms with van der Waals surface area (Å²) in [5, 5.41) is 0. The highest BCUT2D eigenvalue weighted by atomic mass is 31.2. The topological polar surface area (TPSA) is 86.7 Å². The Balaban J connectivity index is 3.15. The van der Waals surface area contributed by atoms with Crippen LogP contribution < -0.4 is 5.73 Å². The minimum Gasteiger partial charge on any atom is -0.327 e. The molecule has 0 aliphatic rings. The van der Waals surface area contributed by atoms with Crippen molar-refractivity contribution in [1.82, 2.24) is 0 Å². The number of nitrogens with two attached hydrogens (primary N) is 1. The summed E-state index contributed by atoms with van der Waals surface area (Å²) >= 11 is 0. The van der Waals surface area contributed by atoms with Crippen LogP contribution in [-0.4, -0.2) is 27.4 Å². The molecule has 0 spiro atoms. The van der Waals surface area contributed by atoms with Gasteiger partial charge in [-0.2, -0.15) is 14.7 Å². The third kappa shape index (κ3) is 6.27. The van der Waals surface area contributed by atoms with Gasteiger partial charge in [0.15, 0.2) is 6.16 Å². The van der Waals surface area contributed by atoms with Crippen LogP contribution in [0.25, 0.3) is 0 Å². The van der Waals surface area contributed by atoms with Gasteiger partial charge in [-0.25, -0.2) is 0 Å². The quantitative estimate of drug-likeness (QED) is 0.346. The molecule has 0 radical (unpaired) electrons. The first-order chi connectivity index (χ1) is 3.06. The van der Waals surface area contributed by atoms with Crippen LogP contribution in [0.2, 0.25) is 0 Å². The molecule has 0 bridgehead atoms. The smallest absolute Gasteiger partial charge is 0.327 e. The Bertz CT molecular complexity index is 51.4. The number of hydrogen-bond donors (Lipinski definition) is 4. The molecule has 0 aliphatic heterocycles. The highest BCUT2D eigenvalue weighted by Gasteiger charge is 2.27. The maximum absolute atomic E-state index is 8.16. The number of hydrogen-bond acceptors (Lipinski definition) is 4. The average molecular weight is 126 g/mol. The van der Waals surface area contributed by atoms with Gasteiger partial charge in [-0.05, 0) is 0 Å². The van der Waals surface area contributed by atoms with Gasteiger partial charge in [0.1, 0.15) is 0 Å². The first-order valence-electron chi connectivity index (χ1n) is 1.82. The zero-order chi connectivity index (χ0) is 5.91. The second kappa shape index (κ2) is 2.55. The van der Waals surface area contributed by atoms with Crippen molar-refractivity contribution in [3.8, 4) is 0 Å². The molecule has 0 aromatic rings. The van der Waals surface area contributed by atoms with Crippen LogP contribution in [0.15, 0.2) is 0 Å². The van der Waals surface area contributed by atoms with Crippen molar-refractivity contribution in [3.63, 3.8) is 0 Å². The zero-order valence-corrected chi connectivity index (χ0v) is 4.67. The van der Waals surface area contributed by atoms with Gasteiger partial charge in [0.2, 0.25) is 0 Å². The monoisotopic (exact) mass is 126 g/mol. The molecule has 0 heterocycles. The predicted octanol–water partition coefficient (Wildman–Crippen LogP) is -1.32. The molecule has 0 fully saturated rings. The van der Waals surface area contributed by atoms with Crippen molar-refractivity contribution in [2.24, 2.45) is 5.73 Å². The molecule has 0 atom stereocenters. The second-order valence-corrected chi connectivity index (χ2v) is 3.04. The molecule has 0 rings (SSSR count). The van der Waals surface area contributed by atoms with Crippen LogP contribution in [-0.2, 0) is 0 Å². The summed E-state index contributed by atoms with van der Waals surface area (Å²) in [5.41, 5.74) is 4.86. The summed E-state index contributed by atoms with van der Waals surface area (Å²) in [7, 11) is -3.54. The van der Waals surface area contributed by atoms with Crippen LogP contribution in [0.4, 0.5) is 0 Å². The average Bonchev–Trinajstić information content (AvgIpc) is 1.30. The molecule has 5 heteroatoms. The molecular formula is C2H9NO3P+. The van der Waals surface area contributed by atoms with Gasteiger partial charge < -0.3 is 5.73 Å². The van der Waals surface area contributed by atoms with E-state index in [-0.39, 0.29) is 12.7 Å². The Morgan fingerprint density at radius 3 is 1.71 bits per heavy atom. The lowest BCUT2D eigenvalue weighted by Crippen LogP contribution is -2.08. The normalized spacial score (nSPS) is 12.0. The summed E-state index contributed by atoms with van der Waals surface area (Å²) in [6.07, 6.45) is -0.104. The second-order valence-electron chi connectivity index (χ2n) is 1.20. The summed E-state index contributed by atoms with van der Waals surface area (Å²) in [6.45, 7) is 0.108. The zero-order valence-electron chi connectivity index (χ0n) is 3.78. The maximum atomic E-state index is 8.16. The van der Waals surface area contributed by atoms with Crippen molar-refractivity contribution in [1.29, 1.82) is 0 Å². The van der Waals surface area contributed by atoms with Gasteiger partial charge >= 0.3 is 7.94 Å². The Morgan fingerprint density at radius 2 is 1.71 bits per heavy atom. The molecule has 44 valence electrons. The molecule has 0 aromatic carbocycles. The summed E-state index contributed by atoms with van der Waals surface area (Å²) in [5.74, 6) is 0. The fourth-order valence-electron chi connectivity index (χ4n) is 0.173. The van der Waals surface area contributed by atoms with E-state index in [0.29, 0.717) is 0 Å². The number of rotatable bonds is 2. The third-order valence-electron chi connectivity index (χ3n) is 0.429. The van der Waals surface area contributed by atoms with E-state index >= 15 is 0 Å². The van der Waals surface area contributed by atoms with Gasteiger partial charge in [0, 0.05) is 6.54 Å². The molecule has 0 aromatic heterocycles. The molecule has 0 unspecified atom stereocenters. The Kier molecular flexibility index (Phi) is 2.64. The van der Waals surface area contributed by atoms with E-state index in [1.54, 1.807) is 0 Å². The van der Waals surface area contributed by atoms with Gasteiger partial charge in [-0.3, -0.25) is 0 Å². The Morgan fingerprint density at radius 1 is 1.29 bits per heavy atom. The van der Waals surface area contributed by atoms with Crippen molar-refractivity contribution in [2.75, 3.05) is 12.7 Å². The van der Waals surface area contributed by atoms with Crippen molar-refractivity contribution < 1.29 is 14.7 Å². The van der Waals surface area contributed by atoms with E-state index in [1.807, 2.05) is 0 Å². The molecule has 0 saturated carbocycles. The van der Waals surface area contributed by atoms with E-state index in [2.05, 4.69) is 0 Å². The molecule has 5 N–H and O–H groups in total. The first kappa shape index (κ1) is 7.27. The lowest BCUT2D eigenvalue weighted by atomic mass is 10.8. The van der Waals surface area contributed by atoms with E-state index in [1.165, 1.54) is 0 Å². The van der Waals surface area contributed by atoms with Crippen LogP contribution in [0.5, 0.6) is 0 Å². The minimum absolute atomic E-state index is 0.104. The molecule has 0 amide bonds. The van der Waals surface area contributed by atoms with E-state index < -0.39 is 7.94 Å². The van der Waals surface area contributed by atoms with E-state index in [9.17, 15) is 0 Å². The first-order valence-corrected chi connectivity index (χ1v) is 3.66. The standard InChI is InChI=1S/C2H9NO3P/c3-1-2-7(4,5)6/h4-6H,1-3H2/q+1. The SMILES string of the molecule is NCC[P+](O)(O)O. The summed E-state index contributed by atoms with van der Waals surface area (Å²) in [4.78, 5) is 24.5.